The summed E-state index contributed by atoms with van der Waals surface area (Å²) >= 11 is 0. The molecule has 11 heteroatoms. The number of benzene rings is 2. The van der Waals surface area contributed by atoms with E-state index in [4.69, 9.17) is 5.73 Å². The second-order valence-corrected chi connectivity index (χ2v) is 6.53. The topological polar surface area (TPSA) is 140 Å². The summed E-state index contributed by atoms with van der Waals surface area (Å²) in [5, 5.41) is 0.540. The maximum atomic E-state index is 11.0. The number of nitrogen functional groups attached to an aromatic ring is 1. The van der Waals surface area contributed by atoms with Gasteiger partial charge in [0.15, 0.2) is 0 Å². The van der Waals surface area contributed by atoms with Gasteiger partial charge in [-0.25, -0.2) is 16.8 Å². The van der Waals surface area contributed by atoms with Crippen LogP contribution >= 0.6 is 0 Å². The number of nitrogens with two attached hydrogens (primary N) is 1. The molecule has 2 aromatic carbocycles. The van der Waals surface area contributed by atoms with Crippen molar-refractivity contribution in [2.45, 2.75) is 9.79 Å². The third-order valence-corrected chi connectivity index (χ3v) is 4.22. The molecule has 0 aliphatic carbocycles. The predicted molar refractivity (Wildman–Crippen MR) is 64.3 cm³/mol. The maximum Gasteiger partial charge on any atom is 1.00 e. The van der Waals surface area contributed by atoms with E-state index in [2.05, 4.69) is 0 Å². The van der Waals surface area contributed by atoms with Crippen molar-refractivity contribution in [3.05, 3.63) is 30.3 Å². The van der Waals surface area contributed by atoms with Crippen molar-refractivity contribution < 1.29 is 129 Å². The first-order valence-corrected chi connectivity index (χ1v) is 7.66. The Balaban J connectivity index is 0.00000200. The van der Waals surface area contributed by atoms with Gasteiger partial charge in [-0.15, -0.1) is 0 Å². The van der Waals surface area contributed by atoms with Gasteiger partial charge in [0.1, 0.15) is 20.2 Å². The van der Waals surface area contributed by atoms with Crippen LogP contribution in [0.3, 0.4) is 0 Å². The van der Waals surface area contributed by atoms with Crippen molar-refractivity contribution in [1.82, 2.24) is 0 Å². The summed E-state index contributed by atoms with van der Waals surface area (Å²) < 4.78 is 65.5. The summed E-state index contributed by atoms with van der Waals surface area (Å²) in [6.07, 6.45) is 0. The minimum Gasteiger partial charge on any atom is -0.744 e. The fraction of sp³-hybridized carbons (Fsp3) is 0. The molecule has 2 N–H and O–H groups in total. The molecule has 0 saturated carbocycles. The average Bonchev–Trinajstić information content (AvgIpc) is 2.24. The molecule has 0 aliphatic heterocycles. The van der Waals surface area contributed by atoms with E-state index in [-0.39, 0.29) is 114 Å². The summed E-state index contributed by atoms with van der Waals surface area (Å²) in [6, 6.07) is 5.54. The van der Waals surface area contributed by atoms with Crippen LogP contribution in [0, 0.1) is 0 Å². The summed E-state index contributed by atoms with van der Waals surface area (Å²) in [5.41, 5.74) is 5.20. The minimum atomic E-state index is -4.78. The van der Waals surface area contributed by atoms with Gasteiger partial charge in [-0.05, 0) is 35.0 Å². The van der Waals surface area contributed by atoms with Gasteiger partial charge in [-0.2, -0.15) is 0 Å². The molecule has 0 amide bonds. The molecular formula is C10H7K2NO6S2. The monoisotopic (exact) mass is 379 g/mol. The van der Waals surface area contributed by atoms with Gasteiger partial charge in [0, 0.05) is 5.69 Å². The first-order chi connectivity index (χ1) is 8.59. The van der Waals surface area contributed by atoms with Crippen LogP contribution in [0.25, 0.3) is 10.8 Å². The van der Waals surface area contributed by atoms with Gasteiger partial charge < -0.3 is 14.8 Å². The largest absolute Gasteiger partial charge is 1.00 e. The molecule has 0 radical (unpaired) electrons. The van der Waals surface area contributed by atoms with E-state index in [1.165, 1.54) is 12.1 Å². The van der Waals surface area contributed by atoms with Crippen LogP contribution in [-0.4, -0.2) is 25.9 Å². The second-order valence-electron chi connectivity index (χ2n) is 3.81. The molecule has 0 bridgehead atoms. The van der Waals surface area contributed by atoms with Crippen LogP contribution in [0.1, 0.15) is 0 Å². The first-order valence-electron chi connectivity index (χ1n) is 4.84. The van der Waals surface area contributed by atoms with Crippen molar-refractivity contribution in [2.75, 3.05) is 5.73 Å². The first kappa shape index (κ1) is 22.6. The van der Waals surface area contributed by atoms with Gasteiger partial charge in [-0.1, -0.05) is 6.07 Å². The molecule has 7 nitrogen and oxygen atoms in total. The summed E-state index contributed by atoms with van der Waals surface area (Å²) in [6.45, 7) is 0. The van der Waals surface area contributed by atoms with Crippen molar-refractivity contribution in [2.24, 2.45) is 0 Å². The number of hydrogen-bond acceptors (Lipinski definition) is 7. The van der Waals surface area contributed by atoms with E-state index in [1.54, 1.807) is 0 Å². The molecule has 2 aromatic rings. The van der Waals surface area contributed by atoms with Gasteiger partial charge >= 0.3 is 103 Å². The minimum absolute atomic E-state index is 0. The zero-order chi connectivity index (χ0) is 14.4. The van der Waals surface area contributed by atoms with Crippen LogP contribution in [0.15, 0.2) is 40.1 Å². The summed E-state index contributed by atoms with van der Waals surface area (Å²) in [5.74, 6) is 0. The molecular weight excluding hydrogens is 372 g/mol. The fourth-order valence-electron chi connectivity index (χ4n) is 1.64. The van der Waals surface area contributed by atoms with E-state index in [9.17, 15) is 25.9 Å². The van der Waals surface area contributed by atoms with E-state index in [0.717, 1.165) is 18.2 Å². The Morgan fingerprint density at radius 1 is 0.810 bits per heavy atom. The zero-order valence-corrected chi connectivity index (χ0v) is 19.1. The smallest absolute Gasteiger partial charge is 0.744 e. The molecule has 102 valence electrons. The molecule has 0 heterocycles. The van der Waals surface area contributed by atoms with Crippen molar-refractivity contribution in [1.29, 1.82) is 0 Å². The van der Waals surface area contributed by atoms with Crippen molar-refractivity contribution >= 4 is 36.7 Å². The van der Waals surface area contributed by atoms with Gasteiger partial charge in [-0.3, -0.25) is 0 Å². The Bertz CT molecular complexity index is 880. The van der Waals surface area contributed by atoms with Gasteiger partial charge in [0.25, 0.3) is 0 Å². The standard InChI is InChI=1S/C10H9NO6S2.2K/c11-9-4-6-1-2-8(18(12,13)14)3-7(6)5-10(9)19(15,16)17;;/h1-5H,11H2,(H,12,13,14)(H,15,16,17);;/q;2*+1/p-2. The van der Waals surface area contributed by atoms with E-state index in [0.29, 0.717) is 5.39 Å². The molecule has 2 rings (SSSR count). The van der Waals surface area contributed by atoms with Crippen LogP contribution < -0.4 is 109 Å². The number of fused-ring (bicyclic) bond motifs is 1. The second kappa shape index (κ2) is 8.11. The quantitative estimate of drug-likeness (QED) is 0.311. The zero-order valence-electron chi connectivity index (χ0n) is 11.2. The molecule has 0 aromatic heterocycles. The third-order valence-electron chi connectivity index (χ3n) is 2.50. The summed E-state index contributed by atoms with van der Waals surface area (Å²) in [7, 11) is -9.44. The SMILES string of the molecule is Nc1cc2ccc(S(=O)(=O)[O-])cc2cc1S(=O)(=O)[O-].[K+].[K+]. The Morgan fingerprint density at radius 3 is 1.86 bits per heavy atom. The molecule has 0 unspecified atom stereocenters. The van der Waals surface area contributed by atoms with Gasteiger partial charge in [0.2, 0.25) is 0 Å². The average molecular weight is 379 g/mol. The Morgan fingerprint density at radius 2 is 1.38 bits per heavy atom. The van der Waals surface area contributed by atoms with Crippen LogP contribution in [-0.2, 0) is 20.2 Å². The number of rotatable bonds is 2. The third kappa shape index (κ3) is 5.57. The maximum absolute atomic E-state index is 11.0. The Hall–Kier alpha value is 1.59. The molecule has 0 atom stereocenters. The van der Waals surface area contributed by atoms with E-state index < -0.39 is 30.0 Å². The van der Waals surface area contributed by atoms with Crippen LogP contribution in [0.2, 0.25) is 0 Å². The van der Waals surface area contributed by atoms with Crippen LogP contribution in [0.5, 0.6) is 0 Å². The van der Waals surface area contributed by atoms with E-state index >= 15 is 0 Å². The molecule has 0 saturated heterocycles. The molecule has 0 aliphatic rings. The van der Waals surface area contributed by atoms with Crippen LogP contribution in [0.4, 0.5) is 5.69 Å². The number of hydrogen-bond donors (Lipinski definition) is 1. The number of anilines is 1. The Kier molecular flexibility index (Phi) is 8.73. The Labute approximate surface area is 207 Å². The van der Waals surface area contributed by atoms with Crippen molar-refractivity contribution in [3.8, 4) is 0 Å². The predicted octanol–water partition coefficient (Wildman–Crippen LogP) is -5.76. The van der Waals surface area contributed by atoms with Crippen molar-refractivity contribution in [3.63, 3.8) is 0 Å². The van der Waals surface area contributed by atoms with Gasteiger partial charge in [0.05, 0.1) is 9.79 Å². The fourth-order valence-corrected chi connectivity index (χ4v) is 2.77. The normalized spacial score (nSPS) is 11.5. The molecule has 0 fully saturated rings. The van der Waals surface area contributed by atoms with E-state index in [1.807, 2.05) is 0 Å². The summed E-state index contributed by atoms with van der Waals surface area (Å²) in [4.78, 5) is -1.17. The molecule has 21 heavy (non-hydrogen) atoms. The molecule has 0 spiro atoms.